The van der Waals surface area contributed by atoms with Crippen LogP contribution in [0.2, 0.25) is 0 Å². The SMILES string of the molecule is CC(C)C.COc1cc2nc(N3CCC(Cc4ccccc4)(C(=O)NCc4ccccc4)CC3)[nH]c(=O)c2cc1C. The largest absolute Gasteiger partial charge is 0.496 e. The Morgan fingerprint density at radius 3 is 2.17 bits per heavy atom. The van der Waals surface area contributed by atoms with Crippen molar-refractivity contribution in [3.63, 3.8) is 0 Å². The topological polar surface area (TPSA) is 87.3 Å². The molecule has 4 aromatic rings. The molecule has 1 amide bonds. The molecule has 0 spiro atoms. The number of nitrogens with one attached hydrogen (secondary N) is 2. The number of benzene rings is 3. The minimum absolute atomic E-state index is 0.0695. The van der Waals surface area contributed by atoms with Gasteiger partial charge in [-0.1, -0.05) is 81.4 Å². The quantitative estimate of drug-likeness (QED) is 0.291. The second-order valence-corrected chi connectivity index (χ2v) is 11.6. The Balaban J connectivity index is 0.000000909. The summed E-state index contributed by atoms with van der Waals surface area (Å²) in [6.45, 7) is 10.1. The molecule has 1 aromatic heterocycles. The first-order chi connectivity index (χ1) is 19.7. The summed E-state index contributed by atoms with van der Waals surface area (Å²) in [6, 6.07) is 23.8. The number of ether oxygens (including phenoxy) is 1. The number of aromatic nitrogens is 2. The first-order valence-electron chi connectivity index (χ1n) is 14.4. The lowest BCUT2D eigenvalue weighted by molar-refractivity contribution is -0.132. The average Bonchev–Trinajstić information content (AvgIpc) is 2.97. The number of hydrogen-bond acceptors (Lipinski definition) is 5. The summed E-state index contributed by atoms with van der Waals surface area (Å²) in [4.78, 5) is 36.3. The third-order valence-corrected chi connectivity index (χ3v) is 7.39. The number of anilines is 1. The monoisotopic (exact) mass is 554 g/mol. The van der Waals surface area contributed by atoms with E-state index < -0.39 is 5.41 Å². The zero-order valence-corrected chi connectivity index (χ0v) is 24.9. The Labute approximate surface area is 243 Å². The molecule has 0 saturated carbocycles. The van der Waals surface area contributed by atoms with Gasteiger partial charge >= 0.3 is 0 Å². The maximum atomic E-state index is 13.7. The van der Waals surface area contributed by atoms with Crippen LogP contribution in [-0.4, -0.2) is 36.1 Å². The predicted octanol–water partition coefficient (Wildman–Crippen LogP) is 6.05. The highest BCUT2D eigenvalue weighted by atomic mass is 16.5. The molecule has 0 bridgehead atoms. The lowest BCUT2D eigenvalue weighted by Crippen LogP contribution is -2.50. The zero-order valence-electron chi connectivity index (χ0n) is 24.9. The maximum Gasteiger partial charge on any atom is 0.260 e. The van der Waals surface area contributed by atoms with Gasteiger partial charge in [-0.05, 0) is 54.9 Å². The van der Waals surface area contributed by atoms with Crippen molar-refractivity contribution in [2.45, 2.75) is 53.5 Å². The molecule has 0 aliphatic carbocycles. The lowest BCUT2D eigenvalue weighted by atomic mass is 9.73. The molecule has 2 heterocycles. The summed E-state index contributed by atoms with van der Waals surface area (Å²) < 4.78 is 5.43. The van der Waals surface area contributed by atoms with E-state index in [1.165, 1.54) is 0 Å². The van der Waals surface area contributed by atoms with Crippen molar-refractivity contribution in [2.75, 3.05) is 25.1 Å². The number of nitrogens with zero attached hydrogens (tertiary/aromatic N) is 2. The van der Waals surface area contributed by atoms with E-state index in [0.29, 0.717) is 61.5 Å². The molecule has 7 nitrogen and oxygen atoms in total. The summed E-state index contributed by atoms with van der Waals surface area (Å²) in [5.74, 6) is 2.13. The molecule has 1 saturated heterocycles. The number of rotatable bonds is 7. The van der Waals surface area contributed by atoms with Crippen molar-refractivity contribution in [1.82, 2.24) is 15.3 Å². The highest BCUT2D eigenvalue weighted by Gasteiger charge is 2.41. The fraction of sp³-hybridized carbons (Fsp3) is 0.382. The highest BCUT2D eigenvalue weighted by Crippen LogP contribution is 2.37. The number of carbonyl (C=O) groups is 1. The van der Waals surface area contributed by atoms with Crippen molar-refractivity contribution in [3.8, 4) is 5.75 Å². The second-order valence-electron chi connectivity index (χ2n) is 11.6. The van der Waals surface area contributed by atoms with Gasteiger partial charge in [0.05, 0.1) is 23.4 Å². The van der Waals surface area contributed by atoms with Crippen LogP contribution in [0.15, 0.2) is 77.6 Å². The Morgan fingerprint density at radius 2 is 1.59 bits per heavy atom. The molecular weight excluding hydrogens is 512 g/mol. The van der Waals surface area contributed by atoms with E-state index in [4.69, 9.17) is 9.72 Å². The number of H-pyrrole nitrogens is 1. The predicted molar refractivity (Wildman–Crippen MR) is 166 cm³/mol. The molecule has 2 N–H and O–H groups in total. The highest BCUT2D eigenvalue weighted by molar-refractivity contribution is 5.84. The molecule has 1 fully saturated rings. The van der Waals surface area contributed by atoms with Crippen molar-refractivity contribution in [3.05, 3.63) is 99.8 Å². The van der Waals surface area contributed by atoms with Crippen LogP contribution in [0.4, 0.5) is 5.95 Å². The van der Waals surface area contributed by atoms with Crippen LogP contribution in [0.1, 0.15) is 50.3 Å². The average molecular weight is 555 g/mol. The van der Waals surface area contributed by atoms with Crippen LogP contribution in [0.5, 0.6) is 5.75 Å². The van der Waals surface area contributed by atoms with Crippen molar-refractivity contribution < 1.29 is 9.53 Å². The van der Waals surface area contributed by atoms with E-state index in [1.54, 1.807) is 7.11 Å². The summed E-state index contributed by atoms with van der Waals surface area (Å²) in [7, 11) is 1.61. The molecule has 216 valence electrons. The van der Waals surface area contributed by atoms with Crippen molar-refractivity contribution in [1.29, 1.82) is 0 Å². The van der Waals surface area contributed by atoms with Crippen molar-refractivity contribution >= 4 is 22.8 Å². The van der Waals surface area contributed by atoms with Gasteiger partial charge < -0.3 is 15.0 Å². The first kappa shape index (κ1) is 29.8. The molecule has 1 aliphatic rings. The van der Waals surface area contributed by atoms with Crippen molar-refractivity contribution in [2.24, 2.45) is 11.3 Å². The normalized spacial score (nSPS) is 14.3. The van der Waals surface area contributed by atoms with Gasteiger partial charge in [0.2, 0.25) is 11.9 Å². The summed E-state index contributed by atoms with van der Waals surface area (Å²) in [6.07, 6.45) is 1.98. The standard InChI is InChI=1S/C30H32N4O3.C4H10/c1-21-17-24-25(18-26(21)37-2)32-29(33-27(24)35)34-15-13-30(14-16-34,19-22-9-5-3-6-10-22)28(36)31-20-23-11-7-4-8-12-23;1-4(2)3/h3-12,17-18H,13-16,19-20H2,1-2H3,(H,31,36)(H,32,33,35);4H,1-3H3. The molecule has 5 rings (SSSR count). The molecule has 1 aliphatic heterocycles. The van der Waals surface area contributed by atoms with Crippen LogP contribution >= 0.6 is 0 Å². The number of aryl methyl sites for hydroxylation is 1. The number of aromatic amines is 1. The maximum absolute atomic E-state index is 13.7. The second kappa shape index (κ2) is 13.5. The smallest absolute Gasteiger partial charge is 0.260 e. The van der Waals surface area contributed by atoms with E-state index in [1.807, 2.05) is 67.6 Å². The first-order valence-corrected chi connectivity index (χ1v) is 14.4. The number of methoxy groups -OCH3 is 1. The van der Waals surface area contributed by atoms with E-state index in [9.17, 15) is 9.59 Å². The molecular formula is C34H42N4O3. The van der Waals surface area contributed by atoms with E-state index in [-0.39, 0.29) is 11.5 Å². The molecule has 7 heteroatoms. The van der Waals surface area contributed by atoms with Crippen LogP contribution in [0, 0.1) is 18.3 Å². The lowest BCUT2D eigenvalue weighted by Gasteiger charge is -2.41. The molecule has 0 atom stereocenters. The zero-order chi connectivity index (χ0) is 29.4. The third kappa shape index (κ3) is 7.54. The minimum Gasteiger partial charge on any atom is -0.496 e. The number of amides is 1. The number of piperidine rings is 1. The summed E-state index contributed by atoms with van der Waals surface area (Å²) in [5, 5.41) is 3.73. The fourth-order valence-corrected chi connectivity index (χ4v) is 5.22. The van der Waals surface area contributed by atoms with Crippen LogP contribution < -0.4 is 20.5 Å². The molecule has 0 radical (unpaired) electrons. The van der Waals surface area contributed by atoms with Gasteiger partial charge in [-0.3, -0.25) is 14.6 Å². The van der Waals surface area contributed by atoms with Crippen LogP contribution in [0.25, 0.3) is 10.9 Å². The Morgan fingerprint density at radius 1 is 1.00 bits per heavy atom. The van der Waals surface area contributed by atoms with E-state index in [0.717, 1.165) is 22.6 Å². The molecule has 3 aromatic carbocycles. The van der Waals surface area contributed by atoms with Gasteiger partial charge in [-0.25, -0.2) is 4.98 Å². The van der Waals surface area contributed by atoms with Crippen LogP contribution in [-0.2, 0) is 17.8 Å². The van der Waals surface area contributed by atoms with Crippen LogP contribution in [0.3, 0.4) is 0 Å². The number of carbonyl (C=O) groups excluding carboxylic acids is 1. The van der Waals surface area contributed by atoms with E-state index in [2.05, 4.69) is 48.1 Å². The summed E-state index contributed by atoms with van der Waals surface area (Å²) >= 11 is 0. The number of hydrogen-bond donors (Lipinski definition) is 2. The third-order valence-electron chi connectivity index (χ3n) is 7.39. The van der Waals surface area contributed by atoms with Gasteiger partial charge in [-0.2, -0.15) is 0 Å². The minimum atomic E-state index is -0.538. The summed E-state index contributed by atoms with van der Waals surface area (Å²) in [5.41, 5.74) is 3.00. The fourth-order valence-electron chi connectivity index (χ4n) is 5.22. The number of fused-ring (bicyclic) bond motifs is 1. The van der Waals surface area contributed by atoms with Gasteiger partial charge in [0.15, 0.2) is 0 Å². The van der Waals surface area contributed by atoms with Gasteiger partial charge in [0.1, 0.15) is 5.75 Å². The Bertz CT molecular complexity index is 1490. The van der Waals surface area contributed by atoms with Gasteiger partial charge in [0, 0.05) is 25.7 Å². The van der Waals surface area contributed by atoms with E-state index >= 15 is 0 Å². The van der Waals surface area contributed by atoms with Gasteiger partial charge in [0.25, 0.3) is 5.56 Å². The molecule has 41 heavy (non-hydrogen) atoms. The van der Waals surface area contributed by atoms with Gasteiger partial charge in [-0.15, -0.1) is 0 Å². The molecule has 0 unspecified atom stereocenters. The Kier molecular flexibility index (Phi) is 9.82. The Hall–Kier alpha value is -4.13.